The number of piperidine rings is 1. The van der Waals surface area contributed by atoms with Crippen LogP contribution in [0.1, 0.15) is 12.8 Å². The highest BCUT2D eigenvalue weighted by molar-refractivity contribution is 4.82. The Balaban J connectivity index is 2.39. The molecule has 0 spiro atoms. The Bertz CT molecular complexity index is 125. The van der Waals surface area contributed by atoms with Crippen molar-refractivity contribution in [2.24, 2.45) is 0 Å². The van der Waals surface area contributed by atoms with Crippen LogP contribution in [0.4, 0.5) is 17.6 Å². The van der Waals surface area contributed by atoms with E-state index in [1.807, 2.05) is 0 Å². The number of alkyl halides is 4. The van der Waals surface area contributed by atoms with E-state index in [1.165, 1.54) is 0 Å². The van der Waals surface area contributed by atoms with Crippen molar-refractivity contribution >= 4 is 0 Å². The molecule has 0 aromatic rings. The largest absolute Gasteiger partial charge is 0.403 e. The van der Waals surface area contributed by atoms with Crippen molar-refractivity contribution < 1.29 is 17.6 Å². The van der Waals surface area contributed by atoms with Crippen LogP contribution in [0.25, 0.3) is 0 Å². The maximum absolute atomic E-state index is 12.3. The molecule has 0 bridgehead atoms. The second-order valence-corrected chi connectivity index (χ2v) is 2.68. The molecule has 66 valence electrons. The molecule has 1 saturated heterocycles. The van der Waals surface area contributed by atoms with Gasteiger partial charge in [0.15, 0.2) is 0 Å². The van der Waals surface area contributed by atoms with Crippen LogP contribution in [0.3, 0.4) is 0 Å². The zero-order valence-corrected chi connectivity index (χ0v) is 5.79. The summed E-state index contributed by atoms with van der Waals surface area (Å²) in [7, 11) is 0. The van der Waals surface area contributed by atoms with Crippen molar-refractivity contribution in [3.8, 4) is 0 Å². The zero-order chi connectivity index (χ0) is 8.48. The molecule has 1 nitrogen and oxygen atoms in total. The molecule has 1 rings (SSSR count). The second-order valence-electron chi connectivity index (χ2n) is 2.68. The van der Waals surface area contributed by atoms with Crippen molar-refractivity contribution in [1.82, 2.24) is 5.32 Å². The standard InChI is InChI=1S/C6H9F4N/c7-4-1-2-5(11-3-4)6(8,9)10/h4-5,11H,1-3H2/t4-,5-/m1/s1. The van der Waals surface area contributed by atoms with E-state index in [-0.39, 0.29) is 19.4 Å². The molecule has 0 amide bonds. The summed E-state index contributed by atoms with van der Waals surface area (Å²) in [6.45, 7) is -0.176. The average Bonchev–Trinajstić information content (AvgIpc) is 1.86. The molecule has 0 unspecified atom stereocenters. The Morgan fingerprint density at radius 2 is 1.82 bits per heavy atom. The number of hydrogen-bond acceptors (Lipinski definition) is 1. The zero-order valence-electron chi connectivity index (χ0n) is 5.79. The molecule has 0 aromatic carbocycles. The second kappa shape index (κ2) is 2.97. The molecule has 0 aromatic heterocycles. The number of nitrogens with one attached hydrogen (secondary N) is 1. The molecule has 1 heterocycles. The van der Waals surface area contributed by atoms with E-state index in [2.05, 4.69) is 5.32 Å². The highest BCUT2D eigenvalue weighted by Crippen LogP contribution is 2.26. The van der Waals surface area contributed by atoms with Crippen LogP contribution >= 0.6 is 0 Å². The lowest BCUT2D eigenvalue weighted by molar-refractivity contribution is -0.162. The van der Waals surface area contributed by atoms with Crippen molar-refractivity contribution in [3.63, 3.8) is 0 Å². The minimum atomic E-state index is -4.22. The van der Waals surface area contributed by atoms with Crippen LogP contribution in [0, 0.1) is 0 Å². The first-order valence-electron chi connectivity index (χ1n) is 3.44. The summed E-state index contributed by atoms with van der Waals surface area (Å²) in [5.41, 5.74) is 0. The van der Waals surface area contributed by atoms with E-state index >= 15 is 0 Å². The van der Waals surface area contributed by atoms with Gasteiger partial charge in [-0.3, -0.25) is 0 Å². The molecule has 0 aliphatic carbocycles. The van der Waals surface area contributed by atoms with E-state index in [1.54, 1.807) is 0 Å². The summed E-state index contributed by atoms with van der Waals surface area (Å²) >= 11 is 0. The third kappa shape index (κ3) is 2.32. The Labute approximate surface area is 61.8 Å². The number of rotatable bonds is 0. The summed E-state index contributed by atoms with van der Waals surface area (Å²) in [6, 6.07) is -1.51. The third-order valence-electron chi connectivity index (χ3n) is 1.75. The molecule has 1 fully saturated rings. The monoisotopic (exact) mass is 171 g/mol. The first-order valence-corrected chi connectivity index (χ1v) is 3.44. The van der Waals surface area contributed by atoms with Gasteiger partial charge >= 0.3 is 6.18 Å². The van der Waals surface area contributed by atoms with Crippen LogP contribution in [-0.2, 0) is 0 Å². The van der Waals surface area contributed by atoms with E-state index in [4.69, 9.17) is 0 Å². The lowest BCUT2D eigenvalue weighted by Gasteiger charge is -2.27. The predicted molar refractivity (Wildman–Crippen MR) is 32.0 cm³/mol. The Hall–Kier alpha value is -0.320. The number of hydrogen-bond donors (Lipinski definition) is 1. The van der Waals surface area contributed by atoms with Gasteiger partial charge in [-0.05, 0) is 12.8 Å². The van der Waals surface area contributed by atoms with Gasteiger partial charge in [0.05, 0.1) is 0 Å². The maximum Gasteiger partial charge on any atom is 0.403 e. The van der Waals surface area contributed by atoms with Gasteiger partial charge in [-0.15, -0.1) is 0 Å². The van der Waals surface area contributed by atoms with Gasteiger partial charge in [-0.25, -0.2) is 4.39 Å². The summed E-state index contributed by atoms with van der Waals surface area (Å²) in [5, 5.41) is 2.11. The lowest BCUT2D eigenvalue weighted by atomic mass is 10.0. The topological polar surface area (TPSA) is 12.0 Å². The van der Waals surface area contributed by atoms with Crippen LogP contribution in [0.15, 0.2) is 0 Å². The van der Waals surface area contributed by atoms with Gasteiger partial charge in [0.1, 0.15) is 12.2 Å². The molecule has 11 heavy (non-hydrogen) atoms. The van der Waals surface area contributed by atoms with E-state index in [0.717, 1.165) is 0 Å². The predicted octanol–water partition coefficient (Wildman–Crippen LogP) is 1.64. The highest BCUT2D eigenvalue weighted by Gasteiger charge is 2.41. The molecule has 5 heteroatoms. The Kier molecular flexibility index (Phi) is 2.37. The normalized spacial score (nSPS) is 33.8. The summed E-state index contributed by atoms with van der Waals surface area (Å²) in [4.78, 5) is 0. The quantitative estimate of drug-likeness (QED) is 0.546. The number of halogens is 4. The van der Waals surface area contributed by atoms with Gasteiger partial charge in [-0.1, -0.05) is 0 Å². The van der Waals surface area contributed by atoms with Crippen molar-refractivity contribution in [3.05, 3.63) is 0 Å². The first kappa shape index (κ1) is 8.77. The van der Waals surface area contributed by atoms with E-state index < -0.39 is 18.4 Å². The van der Waals surface area contributed by atoms with Gasteiger partial charge < -0.3 is 5.32 Å². The summed E-state index contributed by atoms with van der Waals surface area (Å²) in [5.74, 6) is 0. The molecule has 0 saturated carbocycles. The van der Waals surface area contributed by atoms with Crippen LogP contribution in [0.2, 0.25) is 0 Å². The molecular formula is C6H9F4N. The first-order chi connectivity index (χ1) is 5.00. The van der Waals surface area contributed by atoms with Gasteiger partial charge in [0, 0.05) is 6.54 Å². The minimum Gasteiger partial charge on any atom is -0.303 e. The van der Waals surface area contributed by atoms with Crippen LogP contribution in [0.5, 0.6) is 0 Å². The van der Waals surface area contributed by atoms with Gasteiger partial charge in [0.25, 0.3) is 0 Å². The minimum absolute atomic E-state index is 0.0111. The highest BCUT2D eigenvalue weighted by atomic mass is 19.4. The Morgan fingerprint density at radius 3 is 2.18 bits per heavy atom. The van der Waals surface area contributed by atoms with E-state index in [9.17, 15) is 17.6 Å². The van der Waals surface area contributed by atoms with Gasteiger partial charge in [-0.2, -0.15) is 13.2 Å². The molecule has 0 radical (unpaired) electrons. The lowest BCUT2D eigenvalue weighted by Crippen LogP contribution is -2.48. The maximum atomic E-state index is 12.3. The van der Waals surface area contributed by atoms with Gasteiger partial charge in [0.2, 0.25) is 0 Å². The summed E-state index contributed by atoms with van der Waals surface area (Å²) < 4.78 is 48.0. The van der Waals surface area contributed by atoms with E-state index in [0.29, 0.717) is 0 Å². The van der Waals surface area contributed by atoms with Crippen LogP contribution in [-0.4, -0.2) is 24.9 Å². The fraction of sp³-hybridized carbons (Fsp3) is 1.00. The van der Waals surface area contributed by atoms with Crippen molar-refractivity contribution in [2.45, 2.75) is 31.2 Å². The molecular weight excluding hydrogens is 162 g/mol. The fourth-order valence-electron chi connectivity index (χ4n) is 1.10. The smallest absolute Gasteiger partial charge is 0.303 e. The molecule has 2 atom stereocenters. The third-order valence-corrected chi connectivity index (χ3v) is 1.75. The molecule has 1 aliphatic rings. The molecule has 1 aliphatic heterocycles. The average molecular weight is 171 g/mol. The van der Waals surface area contributed by atoms with Crippen molar-refractivity contribution in [2.75, 3.05) is 6.54 Å². The molecule has 1 N–H and O–H groups in total. The Morgan fingerprint density at radius 1 is 1.18 bits per heavy atom. The fourth-order valence-corrected chi connectivity index (χ4v) is 1.10. The summed E-state index contributed by atoms with van der Waals surface area (Å²) in [6.07, 6.45) is -5.48. The SMILES string of the molecule is F[C@@H]1CC[C@H](C(F)(F)F)NC1. The van der Waals surface area contributed by atoms with Crippen LogP contribution < -0.4 is 5.32 Å². The van der Waals surface area contributed by atoms with Crippen molar-refractivity contribution in [1.29, 1.82) is 0 Å².